The number of unbranched alkanes of at least 4 members (excludes halogenated alkanes) is 26. The first-order valence-electron chi connectivity index (χ1n) is 25.1. The molecule has 10 heteroatoms. The summed E-state index contributed by atoms with van der Waals surface area (Å²) in [5, 5.41) is 0. The van der Waals surface area contributed by atoms with Gasteiger partial charge in [0.05, 0.1) is 13.2 Å². The number of esters is 2. The van der Waals surface area contributed by atoms with Crippen LogP contribution in [0.3, 0.4) is 0 Å². The van der Waals surface area contributed by atoms with Gasteiger partial charge in [0.25, 0.3) is 0 Å². The number of phosphoric acid groups is 1. The molecule has 2 atom stereocenters. The highest BCUT2D eigenvalue weighted by atomic mass is 31.2. The fraction of sp³-hybridized carbons (Fsp3) is 0.804. The lowest BCUT2D eigenvalue weighted by Crippen LogP contribution is -2.29. The summed E-state index contributed by atoms with van der Waals surface area (Å²) in [6.45, 7) is 3.67. The van der Waals surface area contributed by atoms with E-state index in [1.165, 1.54) is 154 Å². The van der Waals surface area contributed by atoms with Gasteiger partial charge < -0.3 is 20.1 Å². The Morgan fingerprint density at radius 1 is 0.492 bits per heavy atom. The van der Waals surface area contributed by atoms with Crippen LogP contribution in [0, 0.1) is 0 Å². The number of hydrogen-bond acceptors (Lipinski definition) is 8. The number of allylic oxidation sites excluding steroid dienone is 8. The average molecular weight is 880 g/mol. The lowest BCUT2D eigenvalue weighted by Gasteiger charge is -2.19. The van der Waals surface area contributed by atoms with E-state index in [4.69, 9.17) is 24.3 Å². The Morgan fingerprint density at radius 2 is 0.852 bits per heavy atom. The third-order valence-corrected chi connectivity index (χ3v) is 11.7. The Kier molecular flexibility index (Phi) is 45.9. The van der Waals surface area contributed by atoms with Crippen LogP contribution in [-0.2, 0) is 32.7 Å². The fourth-order valence-corrected chi connectivity index (χ4v) is 7.72. The van der Waals surface area contributed by atoms with Gasteiger partial charge in [-0.15, -0.1) is 0 Å². The molecule has 356 valence electrons. The molecule has 0 bridgehead atoms. The van der Waals surface area contributed by atoms with Crippen molar-refractivity contribution in [2.75, 3.05) is 26.4 Å². The third-order valence-electron chi connectivity index (χ3n) is 10.7. The maximum Gasteiger partial charge on any atom is 0.472 e. The molecule has 0 aliphatic heterocycles. The topological polar surface area (TPSA) is 134 Å². The van der Waals surface area contributed by atoms with Crippen molar-refractivity contribution in [3.63, 3.8) is 0 Å². The minimum atomic E-state index is -4.40. The molecule has 0 spiro atoms. The first-order chi connectivity index (χ1) is 29.8. The molecular formula is C51H94NO8P. The SMILES string of the molecule is CCCCCCCC/C=C/C/C=C/C/C=C/CCCC(=O)OC[C@H](COP(=O)(O)OCCN)OC(=O)CCC/C=C/CCCCCCCCCCCCCCCCCCCC. The third kappa shape index (κ3) is 47.3. The van der Waals surface area contributed by atoms with Crippen molar-refractivity contribution >= 4 is 19.8 Å². The van der Waals surface area contributed by atoms with E-state index in [9.17, 15) is 19.0 Å². The minimum absolute atomic E-state index is 0.0425. The summed E-state index contributed by atoms with van der Waals surface area (Å²) >= 11 is 0. The van der Waals surface area contributed by atoms with Crippen LogP contribution in [0.2, 0.25) is 0 Å². The molecule has 0 radical (unpaired) electrons. The molecule has 0 saturated carbocycles. The van der Waals surface area contributed by atoms with Crippen LogP contribution in [0.4, 0.5) is 0 Å². The fourth-order valence-electron chi connectivity index (χ4n) is 6.95. The molecule has 0 heterocycles. The molecule has 0 aromatic rings. The molecule has 0 fully saturated rings. The molecule has 3 N–H and O–H groups in total. The molecule has 9 nitrogen and oxygen atoms in total. The van der Waals surface area contributed by atoms with E-state index in [0.717, 1.165) is 38.5 Å². The van der Waals surface area contributed by atoms with Crippen LogP contribution in [0.1, 0.15) is 232 Å². The van der Waals surface area contributed by atoms with Crippen molar-refractivity contribution in [3.8, 4) is 0 Å². The van der Waals surface area contributed by atoms with Crippen molar-refractivity contribution in [3.05, 3.63) is 48.6 Å². The largest absolute Gasteiger partial charge is 0.472 e. The molecule has 0 amide bonds. The average Bonchev–Trinajstić information content (AvgIpc) is 3.25. The number of nitrogens with two attached hydrogens (primary N) is 1. The summed E-state index contributed by atoms with van der Waals surface area (Å²) in [6.07, 6.45) is 56.0. The van der Waals surface area contributed by atoms with Gasteiger partial charge >= 0.3 is 19.8 Å². The summed E-state index contributed by atoms with van der Waals surface area (Å²) in [5.74, 6) is -0.922. The molecule has 0 aromatic carbocycles. The Bertz CT molecular complexity index is 1140. The number of carbonyl (C=O) groups excluding carboxylic acids is 2. The Labute approximate surface area is 375 Å². The van der Waals surface area contributed by atoms with Gasteiger partial charge in [-0.2, -0.15) is 0 Å². The van der Waals surface area contributed by atoms with E-state index in [0.29, 0.717) is 12.8 Å². The maximum absolute atomic E-state index is 12.6. The number of ether oxygens (including phenoxy) is 2. The van der Waals surface area contributed by atoms with Crippen molar-refractivity contribution in [1.29, 1.82) is 0 Å². The summed E-state index contributed by atoms with van der Waals surface area (Å²) in [4.78, 5) is 34.9. The standard InChI is InChI=1S/C51H94NO8P/c1-3-5-7-9-11-13-15-17-19-21-22-23-24-25-26-28-30-32-34-36-38-40-42-44-51(54)60-49(48-59-61(55,56)58-46-45-52)47-57-50(53)43-41-39-37-35-33-31-29-27-20-18-16-14-12-10-8-6-4-2/h18,20,29,31,35-38,49H,3-17,19,21-28,30,32-34,39-48,52H2,1-2H3,(H,55,56)/b20-18+,31-29+,37-35+,38-36+/t49-/m1/s1. The van der Waals surface area contributed by atoms with E-state index < -0.39 is 32.5 Å². The van der Waals surface area contributed by atoms with Crippen molar-refractivity contribution < 1.29 is 37.6 Å². The highest BCUT2D eigenvalue weighted by Crippen LogP contribution is 2.43. The molecule has 0 aromatic heterocycles. The molecule has 0 rings (SSSR count). The highest BCUT2D eigenvalue weighted by Gasteiger charge is 2.26. The molecule has 1 unspecified atom stereocenters. The van der Waals surface area contributed by atoms with Gasteiger partial charge in [0.1, 0.15) is 6.61 Å². The lowest BCUT2D eigenvalue weighted by molar-refractivity contribution is -0.161. The zero-order valence-electron chi connectivity index (χ0n) is 39.4. The number of rotatable bonds is 47. The molecule has 0 aliphatic rings. The van der Waals surface area contributed by atoms with Crippen LogP contribution in [0.15, 0.2) is 48.6 Å². The predicted molar refractivity (Wildman–Crippen MR) is 257 cm³/mol. The minimum Gasteiger partial charge on any atom is -0.462 e. The molecule has 0 saturated heterocycles. The second-order valence-electron chi connectivity index (χ2n) is 16.7. The van der Waals surface area contributed by atoms with Gasteiger partial charge in [-0.05, 0) is 64.2 Å². The molecular weight excluding hydrogens is 786 g/mol. The van der Waals surface area contributed by atoms with Crippen molar-refractivity contribution in [2.24, 2.45) is 5.73 Å². The summed E-state index contributed by atoms with van der Waals surface area (Å²) in [5.41, 5.74) is 5.36. The first-order valence-corrected chi connectivity index (χ1v) is 26.6. The lowest BCUT2D eigenvalue weighted by atomic mass is 10.0. The van der Waals surface area contributed by atoms with E-state index >= 15 is 0 Å². The predicted octanol–water partition coefficient (Wildman–Crippen LogP) is 15.1. The van der Waals surface area contributed by atoms with E-state index in [1.54, 1.807) is 0 Å². The van der Waals surface area contributed by atoms with Crippen LogP contribution in [0.25, 0.3) is 0 Å². The number of hydrogen-bond donors (Lipinski definition) is 2. The Hall–Kier alpha value is -2.03. The normalized spacial score (nSPS) is 13.6. The maximum atomic E-state index is 12.6. The van der Waals surface area contributed by atoms with Gasteiger partial charge in [-0.1, -0.05) is 204 Å². The summed E-state index contributed by atoms with van der Waals surface area (Å²) < 4.78 is 32.8. The van der Waals surface area contributed by atoms with Crippen LogP contribution >= 0.6 is 7.82 Å². The Balaban J connectivity index is 4.13. The van der Waals surface area contributed by atoms with Crippen molar-refractivity contribution in [1.82, 2.24) is 0 Å². The quantitative estimate of drug-likeness (QED) is 0.0265. The van der Waals surface area contributed by atoms with E-state index in [-0.39, 0.29) is 32.6 Å². The van der Waals surface area contributed by atoms with E-state index in [1.807, 2.05) is 0 Å². The zero-order valence-corrected chi connectivity index (χ0v) is 40.3. The van der Waals surface area contributed by atoms with Crippen LogP contribution in [0.5, 0.6) is 0 Å². The smallest absolute Gasteiger partial charge is 0.462 e. The number of carbonyl (C=O) groups is 2. The van der Waals surface area contributed by atoms with Gasteiger partial charge in [0.15, 0.2) is 6.10 Å². The summed E-state index contributed by atoms with van der Waals surface area (Å²) in [7, 11) is -4.40. The Morgan fingerprint density at radius 3 is 1.28 bits per heavy atom. The number of phosphoric ester groups is 1. The first kappa shape index (κ1) is 59.0. The van der Waals surface area contributed by atoms with E-state index in [2.05, 4.69) is 62.5 Å². The zero-order chi connectivity index (χ0) is 44.6. The van der Waals surface area contributed by atoms with Gasteiger partial charge in [-0.3, -0.25) is 18.6 Å². The van der Waals surface area contributed by atoms with Gasteiger partial charge in [-0.25, -0.2) is 4.57 Å². The monoisotopic (exact) mass is 880 g/mol. The van der Waals surface area contributed by atoms with Gasteiger partial charge in [0.2, 0.25) is 0 Å². The van der Waals surface area contributed by atoms with Crippen molar-refractivity contribution in [2.45, 2.75) is 238 Å². The van der Waals surface area contributed by atoms with Crippen LogP contribution < -0.4 is 5.73 Å². The molecule has 0 aliphatic carbocycles. The molecule has 61 heavy (non-hydrogen) atoms. The summed E-state index contributed by atoms with van der Waals surface area (Å²) in [6, 6.07) is 0. The van der Waals surface area contributed by atoms with Crippen LogP contribution in [-0.4, -0.2) is 49.3 Å². The highest BCUT2D eigenvalue weighted by molar-refractivity contribution is 7.47. The second-order valence-corrected chi connectivity index (χ2v) is 18.1. The second kappa shape index (κ2) is 47.4. The van der Waals surface area contributed by atoms with Gasteiger partial charge in [0, 0.05) is 19.4 Å².